The van der Waals surface area contributed by atoms with Crippen LogP contribution in [0.4, 0.5) is 0 Å². The molecule has 0 aliphatic carbocycles. The Bertz CT molecular complexity index is 465. The minimum absolute atomic E-state index is 0.486. The van der Waals surface area contributed by atoms with Crippen LogP contribution in [0.5, 0.6) is 0 Å². The van der Waals surface area contributed by atoms with E-state index in [-0.39, 0.29) is 0 Å². The van der Waals surface area contributed by atoms with Gasteiger partial charge in [-0.2, -0.15) is 0 Å². The third-order valence-electron chi connectivity index (χ3n) is 1.96. The quantitative estimate of drug-likeness (QED) is 0.818. The van der Waals surface area contributed by atoms with Crippen LogP contribution in [-0.4, -0.2) is 4.21 Å². The molecule has 0 aliphatic heterocycles. The Morgan fingerprint density at radius 2 is 2.00 bits per heavy atom. The van der Waals surface area contributed by atoms with Gasteiger partial charge in [0.1, 0.15) is 0 Å². The molecule has 1 aromatic carbocycles. The average molecular weight is 257 g/mol. The lowest BCUT2D eigenvalue weighted by atomic mass is 10.2. The Hall–Kier alpha value is -0.640. The standard InChI is InChI=1S/C11H9ClOS2/c12-10-5-2-1-4-9(10)8-15(13)11-6-3-7-14-11/h1-7H,8H2/t15-/m0/s1. The van der Waals surface area contributed by atoms with Gasteiger partial charge < -0.3 is 0 Å². The van der Waals surface area contributed by atoms with Crippen LogP contribution in [0.25, 0.3) is 0 Å². The lowest BCUT2D eigenvalue weighted by Gasteiger charge is -2.02. The SMILES string of the molecule is O=[S@@](Cc1ccccc1Cl)c1cccs1. The molecule has 1 atom stereocenters. The van der Waals surface area contributed by atoms with Crippen LogP contribution >= 0.6 is 22.9 Å². The molecule has 78 valence electrons. The predicted octanol–water partition coefficient (Wildman–Crippen LogP) is 3.71. The van der Waals surface area contributed by atoms with Crippen molar-refractivity contribution in [2.24, 2.45) is 0 Å². The van der Waals surface area contributed by atoms with Gasteiger partial charge in [0.2, 0.25) is 0 Å². The first-order chi connectivity index (χ1) is 7.27. The largest absolute Gasteiger partial charge is 0.253 e. The van der Waals surface area contributed by atoms with Crippen molar-refractivity contribution in [3.05, 3.63) is 52.4 Å². The van der Waals surface area contributed by atoms with Gasteiger partial charge >= 0.3 is 0 Å². The van der Waals surface area contributed by atoms with E-state index in [1.807, 2.05) is 41.8 Å². The second-order valence-electron chi connectivity index (χ2n) is 3.01. The highest BCUT2D eigenvalue weighted by atomic mass is 35.5. The van der Waals surface area contributed by atoms with Crippen LogP contribution in [0.15, 0.2) is 46.0 Å². The first-order valence-corrected chi connectivity index (χ1v) is 7.00. The minimum Gasteiger partial charge on any atom is -0.253 e. The summed E-state index contributed by atoms with van der Waals surface area (Å²) in [6, 6.07) is 11.3. The zero-order chi connectivity index (χ0) is 10.7. The molecule has 0 unspecified atom stereocenters. The Kier molecular flexibility index (Phi) is 3.57. The molecule has 1 nitrogen and oxygen atoms in total. The normalized spacial score (nSPS) is 12.6. The van der Waals surface area contributed by atoms with Gasteiger partial charge in [-0.1, -0.05) is 35.9 Å². The van der Waals surface area contributed by atoms with E-state index in [1.54, 1.807) is 0 Å². The van der Waals surface area contributed by atoms with Gasteiger partial charge in [0.05, 0.1) is 20.8 Å². The minimum atomic E-state index is -0.979. The summed E-state index contributed by atoms with van der Waals surface area (Å²) in [7, 11) is -0.979. The Morgan fingerprint density at radius 3 is 2.67 bits per heavy atom. The molecule has 1 heterocycles. The van der Waals surface area contributed by atoms with Gasteiger partial charge in [-0.15, -0.1) is 11.3 Å². The molecule has 0 spiro atoms. The monoisotopic (exact) mass is 256 g/mol. The second kappa shape index (κ2) is 4.92. The van der Waals surface area contributed by atoms with Crippen molar-refractivity contribution < 1.29 is 4.21 Å². The molecular formula is C11H9ClOS2. The fourth-order valence-electron chi connectivity index (χ4n) is 1.22. The van der Waals surface area contributed by atoms with Gasteiger partial charge in [-0.25, -0.2) is 0 Å². The first kappa shape index (κ1) is 10.9. The van der Waals surface area contributed by atoms with Gasteiger partial charge in [0.15, 0.2) is 0 Å². The Morgan fingerprint density at radius 1 is 1.20 bits per heavy atom. The maximum absolute atomic E-state index is 11.9. The number of halogens is 1. The van der Waals surface area contributed by atoms with Gasteiger partial charge in [-0.3, -0.25) is 4.21 Å². The average Bonchev–Trinajstić information content (AvgIpc) is 2.74. The fraction of sp³-hybridized carbons (Fsp3) is 0.0909. The van der Waals surface area contributed by atoms with Crippen molar-refractivity contribution in [3.63, 3.8) is 0 Å². The van der Waals surface area contributed by atoms with Gasteiger partial charge in [-0.05, 0) is 23.1 Å². The second-order valence-corrected chi connectivity index (χ2v) is 6.05. The van der Waals surface area contributed by atoms with Crippen LogP contribution in [0.1, 0.15) is 5.56 Å². The van der Waals surface area contributed by atoms with E-state index in [1.165, 1.54) is 11.3 Å². The molecule has 0 aliphatic rings. The third-order valence-corrected chi connectivity index (χ3v) is 5.00. The molecular weight excluding hydrogens is 248 g/mol. The van der Waals surface area contributed by atoms with Gasteiger partial charge in [0.25, 0.3) is 0 Å². The molecule has 4 heteroatoms. The van der Waals surface area contributed by atoms with E-state index in [0.29, 0.717) is 10.8 Å². The van der Waals surface area contributed by atoms with E-state index in [2.05, 4.69) is 0 Å². The zero-order valence-corrected chi connectivity index (χ0v) is 10.2. The van der Waals surface area contributed by atoms with Crippen LogP contribution in [0, 0.1) is 0 Å². The number of hydrogen-bond acceptors (Lipinski definition) is 2. The summed E-state index contributed by atoms with van der Waals surface area (Å²) in [5.41, 5.74) is 0.936. The summed E-state index contributed by atoms with van der Waals surface area (Å²) in [5.74, 6) is 0.486. The van der Waals surface area contributed by atoms with Crippen molar-refractivity contribution in [1.29, 1.82) is 0 Å². The van der Waals surface area contributed by atoms with Crippen molar-refractivity contribution >= 4 is 33.7 Å². The van der Waals surface area contributed by atoms with E-state index in [0.717, 1.165) is 9.77 Å². The van der Waals surface area contributed by atoms with Crippen molar-refractivity contribution in [2.45, 2.75) is 9.96 Å². The number of thiophene rings is 1. The molecule has 0 N–H and O–H groups in total. The maximum atomic E-state index is 11.9. The molecule has 0 amide bonds. The third kappa shape index (κ3) is 2.68. The van der Waals surface area contributed by atoms with E-state index >= 15 is 0 Å². The summed E-state index contributed by atoms with van der Waals surface area (Å²) in [6.45, 7) is 0. The highest BCUT2D eigenvalue weighted by molar-refractivity contribution is 7.86. The highest BCUT2D eigenvalue weighted by Crippen LogP contribution is 2.21. The number of hydrogen-bond donors (Lipinski definition) is 0. The molecule has 2 aromatic rings. The smallest absolute Gasteiger partial charge is 0.0913 e. The zero-order valence-electron chi connectivity index (χ0n) is 7.85. The van der Waals surface area contributed by atoms with Crippen LogP contribution < -0.4 is 0 Å². The molecule has 0 saturated carbocycles. The van der Waals surface area contributed by atoms with Crippen LogP contribution in [0.2, 0.25) is 5.02 Å². The van der Waals surface area contributed by atoms with E-state index < -0.39 is 10.8 Å². The number of benzene rings is 1. The summed E-state index contributed by atoms with van der Waals surface area (Å²) in [6.07, 6.45) is 0. The maximum Gasteiger partial charge on any atom is 0.0913 e. The molecule has 0 radical (unpaired) electrons. The fourth-order valence-corrected chi connectivity index (χ4v) is 3.63. The van der Waals surface area contributed by atoms with E-state index in [9.17, 15) is 4.21 Å². The number of rotatable bonds is 3. The van der Waals surface area contributed by atoms with Crippen molar-refractivity contribution in [1.82, 2.24) is 0 Å². The molecule has 0 fully saturated rings. The van der Waals surface area contributed by atoms with Crippen molar-refractivity contribution in [2.75, 3.05) is 0 Å². The summed E-state index contributed by atoms with van der Waals surface area (Å²) >= 11 is 7.51. The van der Waals surface area contributed by atoms with Crippen LogP contribution in [0.3, 0.4) is 0 Å². The topological polar surface area (TPSA) is 17.1 Å². The lowest BCUT2D eigenvalue weighted by molar-refractivity contribution is 0.684. The van der Waals surface area contributed by atoms with Gasteiger partial charge in [0, 0.05) is 5.02 Å². The highest BCUT2D eigenvalue weighted by Gasteiger charge is 2.07. The molecule has 2 rings (SSSR count). The molecule has 15 heavy (non-hydrogen) atoms. The molecule has 0 bridgehead atoms. The van der Waals surface area contributed by atoms with E-state index in [4.69, 9.17) is 11.6 Å². The van der Waals surface area contributed by atoms with Crippen LogP contribution in [-0.2, 0) is 16.6 Å². The van der Waals surface area contributed by atoms with Crippen molar-refractivity contribution in [3.8, 4) is 0 Å². The Balaban J connectivity index is 2.17. The summed E-state index contributed by atoms with van der Waals surface area (Å²) in [4.78, 5) is 0. The lowest BCUT2D eigenvalue weighted by Crippen LogP contribution is -1.94. The summed E-state index contributed by atoms with van der Waals surface area (Å²) in [5, 5.41) is 2.61. The molecule has 0 saturated heterocycles. The first-order valence-electron chi connectivity index (χ1n) is 4.42. The summed E-state index contributed by atoms with van der Waals surface area (Å²) < 4.78 is 12.8. The predicted molar refractivity (Wildman–Crippen MR) is 65.9 cm³/mol. The Labute approximate surface area is 100 Å². The molecule has 1 aromatic heterocycles.